The van der Waals surface area contributed by atoms with Gasteiger partial charge in [0.2, 0.25) is 6.29 Å². The van der Waals surface area contributed by atoms with Gasteiger partial charge < -0.3 is 14.3 Å². The minimum atomic E-state index is -1.29. The van der Waals surface area contributed by atoms with Gasteiger partial charge in [-0.25, -0.2) is 4.79 Å². The fraction of sp³-hybridized carbons (Fsp3) is 0.600. The Bertz CT molecular complexity index is 414. The molecular weight excluding hydrogens is 246 g/mol. The summed E-state index contributed by atoms with van der Waals surface area (Å²) >= 11 is 0. The molecule has 1 rings (SSSR count). The smallest absolute Gasteiger partial charge is 0.405 e. The van der Waals surface area contributed by atoms with Crippen LogP contribution in [-0.4, -0.2) is 41.7 Å². The van der Waals surface area contributed by atoms with E-state index < -0.39 is 24.1 Å². The van der Waals surface area contributed by atoms with E-state index in [2.05, 4.69) is 9.57 Å². The van der Waals surface area contributed by atoms with E-state index in [1.165, 1.54) is 6.92 Å². The van der Waals surface area contributed by atoms with Gasteiger partial charge in [0.05, 0.1) is 12.0 Å². The molecule has 0 amide bonds. The maximum Gasteiger partial charge on any atom is 0.405 e. The van der Waals surface area contributed by atoms with Crippen molar-refractivity contribution in [1.29, 1.82) is 0 Å². The Hall–Kier alpha value is -2.12. The molecule has 2 unspecified atom stereocenters. The number of carbonyl (C=O) groups excluding carboxylic acids is 3. The highest BCUT2D eigenvalue weighted by Gasteiger charge is 2.47. The average molecular weight is 259 g/mol. The van der Waals surface area contributed by atoms with Crippen LogP contribution >= 0.6 is 0 Å². The summed E-state index contributed by atoms with van der Waals surface area (Å²) in [6, 6.07) is 0. The SMILES string of the molecule is COC(=O)C1=[N+]([O-])OC(OC(C)=O)C1CC(C)=O. The lowest BCUT2D eigenvalue weighted by Gasteiger charge is -2.17. The molecule has 18 heavy (non-hydrogen) atoms. The van der Waals surface area contributed by atoms with Gasteiger partial charge in [0.25, 0.3) is 0 Å². The van der Waals surface area contributed by atoms with Crippen LogP contribution in [-0.2, 0) is 28.7 Å². The molecule has 2 atom stereocenters. The number of Topliss-reactive ketones (excluding diaryl/α,β-unsaturated/α-hetero) is 1. The van der Waals surface area contributed by atoms with E-state index in [4.69, 9.17) is 4.74 Å². The Morgan fingerprint density at radius 2 is 2.00 bits per heavy atom. The molecule has 0 aromatic heterocycles. The summed E-state index contributed by atoms with van der Waals surface area (Å²) in [5.41, 5.74) is -0.390. The van der Waals surface area contributed by atoms with Gasteiger partial charge in [-0.3, -0.25) is 14.8 Å². The summed E-state index contributed by atoms with van der Waals surface area (Å²) < 4.78 is 9.16. The molecule has 8 nitrogen and oxygen atoms in total. The van der Waals surface area contributed by atoms with E-state index in [1.807, 2.05) is 0 Å². The Morgan fingerprint density at radius 3 is 2.44 bits per heavy atom. The first kappa shape index (κ1) is 13.9. The summed E-state index contributed by atoms with van der Waals surface area (Å²) in [6.45, 7) is 2.41. The van der Waals surface area contributed by atoms with Crippen molar-refractivity contribution in [2.45, 2.75) is 26.6 Å². The second kappa shape index (κ2) is 5.48. The van der Waals surface area contributed by atoms with Crippen LogP contribution in [0.2, 0.25) is 0 Å². The molecule has 0 bridgehead atoms. The van der Waals surface area contributed by atoms with Crippen LogP contribution in [0.15, 0.2) is 0 Å². The summed E-state index contributed by atoms with van der Waals surface area (Å²) in [5, 5.41) is 11.4. The zero-order valence-corrected chi connectivity index (χ0v) is 10.2. The molecule has 0 aliphatic carbocycles. The number of hydrogen-bond acceptors (Lipinski definition) is 7. The second-order valence-corrected chi connectivity index (χ2v) is 3.73. The molecule has 0 N–H and O–H groups in total. The Kier molecular flexibility index (Phi) is 4.24. The van der Waals surface area contributed by atoms with Gasteiger partial charge in [-0.2, -0.15) is 0 Å². The van der Waals surface area contributed by atoms with Crippen molar-refractivity contribution < 1.29 is 33.6 Å². The molecule has 1 aliphatic rings. The van der Waals surface area contributed by atoms with Gasteiger partial charge >= 0.3 is 17.7 Å². The van der Waals surface area contributed by atoms with E-state index in [9.17, 15) is 19.6 Å². The average Bonchev–Trinajstić information content (AvgIpc) is 2.52. The Balaban J connectivity index is 2.98. The van der Waals surface area contributed by atoms with Crippen LogP contribution in [0.1, 0.15) is 20.3 Å². The van der Waals surface area contributed by atoms with Gasteiger partial charge in [-0.15, -0.1) is 0 Å². The van der Waals surface area contributed by atoms with Crippen molar-refractivity contribution in [1.82, 2.24) is 0 Å². The van der Waals surface area contributed by atoms with E-state index in [0.29, 0.717) is 0 Å². The number of hydrogen-bond donors (Lipinski definition) is 0. The summed E-state index contributed by atoms with van der Waals surface area (Å²) in [6.07, 6.45) is -1.46. The Morgan fingerprint density at radius 1 is 1.39 bits per heavy atom. The molecule has 0 fully saturated rings. The van der Waals surface area contributed by atoms with Crippen molar-refractivity contribution in [3.8, 4) is 0 Å². The molecule has 0 aromatic rings. The number of esters is 2. The lowest BCUT2D eigenvalue weighted by atomic mass is 9.97. The number of rotatable bonds is 4. The van der Waals surface area contributed by atoms with Crippen LogP contribution < -0.4 is 0 Å². The van der Waals surface area contributed by atoms with Crippen molar-refractivity contribution >= 4 is 23.4 Å². The molecule has 1 heterocycles. The number of nitrogens with zero attached hydrogens (tertiary/aromatic N) is 1. The number of carbonyl (C=O) groups is 3. The zero-order valence-electron chi connectivity index (χ0n) is 10.2. The number of ether oxygens (including phenoxy) is 2. The van der Waals surface area contributed by atoms with Gasteiger partial charge in [0.1, 0.15) is 11.7 Å². The predicted molar refractivity (Wildman–Crippen MR) is 56.1 cm³/mol. The third kappa shape index (κ3) is 2.96. The first-order chi connectivity index (χ1) is 8.36. The molecule has 0 saturated carbocycles. The van der Waals surface area contributed by atoms with Crippen LogP contribution in [0, 0.1) is 11.1 Å². The standard InChI is InChI=1S/C10H13NO7/c1-5(12)4-7-8(9(14)16-3)11(15)18-10(7)17-6(2)13/h7,10H,4H2,1-3H3. The van der Waals surface area contributed by atoms with Crippen LogP contribution in [0.25, 0.3) is 0 Å². The largest absolute Gasteiger partial charge is 0.461 e. The van der Waals surface area contributed by atoms with Crippen LogP contribution in [0.4, 0.5) is 0 Å². The van der Waals surface area contributed by atoms with E-state index in [-0.39, 0.29) is 22.8 Å². The van der Waals surface area contributed by atoms with Gasteiger partial charge in [-0.05, 0) is 6.92 Å². The molecule has 0 spiro atoms. The predicted octanol–water partition coefficient (Wildman–Crippen LogP) is -0.460. The summed E-state index contributed by atoms with van der Waals surface area (Å²) in [4.78, 5) is 38.0. The van der Waals surface area contributed by atoms with E-state index >= 15 is 0 Å². The third-order valence-corrected chi connectivity index (χ3v) is 2.26. The number of methoxy groups -OCH3 is 1. The van der Waals surface area contributed by atoms with Gasteiger partial charge in [0, 0.05) is 13.3 Å². The highest BCUT2D eigenvalue weighted by Crippen LogP contribution is 2.23. The van der Waals surface area contributed by atoms with E-state index in [1.54, 1.807) is 0 Å². The fourth-order valence-electron chi connectivity index (χ4n) is 1.59. The maximum absolute atomic E-state index is 11.4. The van der Waals surface area contributed by atoms with Gasteiger partial charge in [-0.1, -0.05) is 0 Å². The topological polar surface area (TPSA) is 105 Å². The van der Waals surface area contributed by atoms with Crippen LogP contribution in [0.3, 0.4) is 0 Å². The van der Waals surface area contributed by atoms with Crippen LogP contribution in [0.5, 0.6) is 0 Å². The number of ketones is 1. The fourth-order valence-corrected chi connectivity index (χ4v) is 1.59. The first-order valence-corrected chi connectivity index (χ1v) is 5.12. The molecule has 0 aromatic carbocycles. The third-order valence-electron chi connectivity index (χ3n) is 2.26. The summed E-state index contributed by atoms with van der Waals surface area (Å²) in [5.74, 6) is -2.85. The normalized spacial score (nSPS) is 22.4. The molecule has 1 aliphatic heterocycles. The Labute approximate surface area is 103 Å². The lowest BCUT2D eigenvalue weighted by Crippen LogP contribution is -2.33. The van der Waals surface area contributed by atoms with Crippen molar-refractivity contribution in [2.75, 3.05) is 7.11 Å². The molecule has 100 valence electrons. The van der Waals surface area contributed by atoms with Gasteiger partial charge in [0.15, 0.2) is 0 Å². The highest BCUT2D eigenvalue weighted by molar-refractivity contribution is 6.35. The zero-order chi connectivity index (χ0) is 13.9. The quantitative estimate of drug-likeness (QED) is 0.496. The molecule has 0 radical (unpaired) electrons. The minimum absolute atomic E-state index is 0.0763. The van der Waals surface area contributed by atoms with E-state index in [0.717, 1.165) is 14.0 Å². The highest BCUT2D eigenvalue weighted by atomic mass is 16.9. The molecule has 0 saturated heterocycles. The first-order valence-electron chi connectivity index (χ1n) is 5.12. The maximum atomic E-state index is 11.4. The lowest BCUT2D eigenvalue weighted by molar-refractivity contribution is -0.750. The molecular formula is C10H13NO7. The minimum Gasteiger partial charge on any atom is -0.461 e. The summed E-state index contributed by atoms with van der Waals surface area (Å²) in [7, 11) is 1.09. The molecule has 8 heteroatoms. The van der Waals surface area contributed by atoms with Crippen molar-refractivity contribution in [3.63, 3.8) is 0 Å². The second-order valence-electron chi connectivity index (χ2n) is 3.73. The van der Waals surface area contributed by atoms with Crippen molar-refractivity contribution in [3.05, 3.63) is 5.21 Å². The van der Waals surface area contributed by atoms with Crippen molar-refractivity contribution in [2.24, 2.45) is 5.92 Å². The monoisotopic (exact) mass is 259 g/mol.